The Labute approximate surface area is 136 Å². The van der Waals surface area contributed by atoms with Crippen molar-refractivity contribution in [2.45, 2.75) is 24.1 Å². The normalized spacial score (nSPS) is 14.8. The van der Waals surface area contributed by atoms with Crippen LogP contribution in [0.25, 0.3) is 0 Å². The molecule has 0 spiro atoms. The molecule has 1 aliphatic heterocycles. The second kappa shape index (κ2) is 5.72. The number of anilines is 1. The van der Waals surface area contributed by atoms with Crippen molar-refractivity contribution in [2.75, 3.05) is 11.3 Å². The second-order valence-electron chi connectivity index (χ2n) is 5.00. The Balaban J connectivity index is 1.96. The Hall–Kier alpha value is -0.890. The molecule has 2 aromatic rings. The lowest BCUT2D eigenvalue weighted by atomic mass is 10.00. The molecule has 2 heterocycles. The molecule has 1 aliphatic rings. The van der Waals surface area contributed by atoms with E-state index in [0.717, 1.165) is 27.9 Å². The number of hydrogen-bond donors (Lipinski definition) is 2. The highest BCUT2D eigenvalue weighted by molar-refractivity contribution is 9.11. The van der Waals surface area contributed by atoms with Gasteiger partial charge in [-0.05, 0) is 64.6 Å². The van der Waals surface area contributed by atoms with Crippen molar-refractivity contribution in [3.05, 3.63) is 44.7 Å². The zero-order valence-corrected chi connectivity index (χ0v) is 14.7. The van der Waals surface area contributed by atoms with E-state index in [9.17, 15) is 8.42 Å². The third-order valence-corrected chi connectivity index (χ3v) is 7.47. The van der Waals surface area contributed by atoms with Crippen molar-refractivity contribution >= 4 is 43.0 Å². The molecule has 21 heavy (non-hydrogen) atoms. The van der Waals surface area contributed by atoms with Crippen LogP contribution in [0.4, 0.5) is 5.69 Å². The van der Waals surface area contributed by atoms with Crippen molar-refractivity contribution < 1.29 is 8.42 Å². The van der Waals surface area contributed by atoms with Crippen LogP contribution in [0.3, 0.4) is 0 Å². The highest BCUT2D eigenvalue weighted by atomic mass is 79.9. The number of halogens is 1. The van der Waals surface area contributed by atoms with Gasteiger partial charge in [-0.2, -0.15) is 0 Å². The summed E-state index contributed by atoms with van der Waals surface area (Å²) in [4.78, 5) is 0. The van der Waals surface area contributed by atoms with Gasteiger partial charge in [0, 0.05) is 6.54 Å². The first kappa shape index (κ1) is 15.0. The monoisotopic (exact) mass is 386 g/mol. The Morgan fingerprint density at radius 1 is 1.38 bits per heavy atom. The number of hydrogen-bond acceptors (Lipinski definition) is 4. The number of benzene rings is 1. The number of sulfonamides is 1. The molecule has 4 nitrogen and oxygen atoms in total. The fourth-order valence-electron chi connectivity index (χ4n) is 2.37. The molecule has 1 aromatic carbocycles. The molecule has 0 aliphatic carbocycles. The third-order valence-electron chi connectivity index (χ3n) is 3.49. The van der Waals surface area contributed by atoms with E-state index in [0.29, 0.717) is 16.4 Å². The summed E-state index contributed by atoms with van der Waals surface area (Å²) in [7, 11) is -3.54. The summed E-state index contributed by atoms with van der Waals surface area (Å²) in [6, 6.07) is 7.46. The van der Waals surface area contributed by atoms with E-state index >= 15 is 0 Å². The molecule has 0 atom stereocenters. The molecule has 0 saturated heterocycles. The summed E-state index contributed by atoms with van der Waals surface area (Å²) in [6.07, 6.45) is 0.925. The molecule has 0 radical (unpaired) electrons. The summed E-state index contributed by atoms with van der Waals surface area (Å²) in [5.41, 5.74) is 3.84. The van der Waals surface area contributed by atoms with Gasteiger partial charge in [0.1, 0.15) is 4.21 Å². The van der Waals surface area contributed by atoms with Gasteiger partial charge in [-0.1, -0.05) is 12.1 Å². The molecule has 0 unspecified atom stereocenters. The van der Waals surface area contributed by atoms with E-state index in [1.807, 2.05) is 19.1 Å². The molecule has 0 saturated carbocycles. The predicted molar refractivity (Wildman–Crippen MR) is 89.4 cm³/mol. The van der Waals surface area contributed by atoms with E-state index in [2.05, 4.69) is 32.0 Å². The van der Waals surface area contributed by atoms with E-state index in [4.69, 9.17) is 0 Å². The fourth-order valence-corrected chi connectivity index (χ4v) is 5.69. The Morgan fingerprint density at radius 3 is 2.90 bits per heavy atom. The third kappa shape index (κ3) is 3.01. The molecule has 3 rings (SSSR count). The molecular formula is C14H15BrN2O2S2. The van der Waals surface area contributed by atoms with Gasteiger partial charge in [-0.15, -0.1) is 11.3 Å². The average Bonchev–Trinajstić information content (AvgIpc) is 2.80. The largest absolute Gasteiger partial charge is 0.312 e. The maximum absolute atomic E-state index is 12.5. The zero-order valence-electron chi connectivity index (χ0n) is 11.4. The maximum atomic E-state index is 12.5. The van der Waals surface area contributed by atoms with Crippen LogP contribution in [-0.2, 0) is 23.0 Å². The summed E-state index contributed by atoms with van der Waals surface area (Å²) in [5, 5.41) is 3.28. The van der Waals surface area contributed by atoms with Crippen LogP contribution in [0.2, 0.25) is 0 Å². The molecule has 7 heteroatoms. The highest BCUT2D eigenvalue weighted by Gasteiger charge is 2.21. The van der Waals surface area contributed by atoms with Crippen molar-refractivity contribution in [1.29, 1.82) is 0 Å². The predicted octanol–water partition coefficient (Wildman–Crippen LogP) is 3.27. The lowest BCUT2D eigenvalue weighted by Gasteiger charge is -2.20. The minimum atomic E-state index is -3.54. The van der Waals surface area contributed by atoms with Crippen LogP contribution in [0.5, 0.6) is 0 Å². The van der Waals surface area contributed by atoms with Crippen molar-refractivity contribution in [1.82, 2.24) is 5.32 Å². The van der Waals surface area contributed by atoms with Crippen LogP contribution in [0, 0.1) is 6.92 Å². The Kier molecular flexibility index (Phi) is 4.09. The van der Waals surface area contributed by atoms with Crippen LogP contribution in [-0.4, -0.2) is 15.0 Å². The van der Waals surface area contributed by atoms with Crippen LogP contribution >= 0.6 is 27.3 Å². The molecule has 112 valence electrons. The number of thiophene rings is 1. The highest BCUT2D eigenvalue weighted by Crippen LogP contribution is 2.32. The number of rotatable bonds is 3. The molecule has 0 amide bonds. The van der Waals surface area contributed by atoms with Gasteiger partial charge < -0.3 is 5.32 Å². The topological polar surface area (TPSA) is 58.2 Å². The number of fused-ring (bicyclic) bond motifs is 1. The molecule has 1 aromatic heterocycles. The second-order valence-corrected chi connectivity index (χ2v) is 9.28. The Bertz CT molecular complexity index is 765. The van der Waals surface area contributed by atoms with Crippen LogP contribution in [0.15, 0.2) is 32.3 Å². The van der Waals surface area contributed by atoms with Crippen LogP contribution in [0.1, 0.15) is 16.7 Å². The first-order valence-electron chi connectivity index (χ1n) is 6.57. The molecular weight excluding hydrogens is 372 g/mol. The maximum Gasteiger partial charge on any atom is 0.271 e. The van der Waals surface area contributed by atoms with E-state index in [-0.39, 0.29) is 0 Å². The van der Waals surface area contributed by atoms with Gasteiger partial charge >= 0.3 is 0 Å². The number of nitrogens with one attached hydrogen (secondary N) is 2. The fraction of sp³-hybridized carbons (Fsp3) is 0.286. The van der Waals surface area contributed by atoms with Gasteiger partial charge in [-0.25, -0.2) is 8.42 Å². The van der Waals surface area contributed by atoms with Crippen molar-refractivity contribution in [3.63, 3.8) is 0 Å². The van der Waals surface area contributed by atoms with Gasteiger partial charge in [-0.3, -0.25) is 4.72 Å². The summed E-state index contributed by atoms with van der Waals surface area (Å²) < 4.78 is 28.9. The standard InChI is InChI=1S/C14H15BrN2O2S2/c1-9-7-13(20-14(9)15)21(18,19)17-12-4-2-3-10-5-6-16-8-11(10)12/h2-4,7,16-17H,5-6,8H2,1H3. The van der Waals surface area contributed by atoms with Crippen LogP contribution < -0.4 is 10.0 Å². The first-order chi connectivity index (χ1) is 9.97. The van der Waals surface area contributed by atoms with Gasteiger partial charge in [0.05, 0.1) is 9.47 Å². The van der Waals surface area contributed by atoms with E-state index in [1.54, 1.807) is 6.07 Å². The van der Waals surface area contributed by atoms with Crippen molar-refractivity contribution in [3.8, 4) is 0 Å². The minimum Gasteiger partial charge on any atom is -0.312 e. The first-order valence-corrected chi connectivity index (χ1v) is 9.67. The molecule has 0 bridgehead atoms. The zero-order chi connectivity index (χ0) is 15.0. The Morgan fingerprint density at radius 2 is 2.19 bits per heavy atom. The lowest BCUT2D eigenvalue weighted by molar-refractivity contribution is 0.602. The van der Waals surface area contributed by atoms with E-state index < -0.39 is 10.0 Å². The van der Waals surface area contributed by atoms with Gasteiger partial charge in [0.2, 0.25) is 0 Å². The quantitative estimate of drug-likeness (QED) is 0.850. The minimum absolute atomic E-state index is 0.327. The van der Waals surface area contributed by atoms with Crippen molar-refractivity contribution in [2.24, 2.45) is 0 Å². The summed E-state index contributed by atoms with van der Waals surface area (Å²) >= 11 is 4.60. The molecule has 2 N–H and O–H groups in total. The lowest BCUT2D eigenvalue weighted by Crippen LogP contribution is -2.25. The van der Waals surface area contributed by atoms with Gasteiger partial charge in [0.25, 0.3) is 10.0 Å². The average molecular weight is 387 g/mol. The number of aryl methyl sites for hydroxylation is 1. The smallest absolute Gasteiger partial charge is 0.271 e. The summed E-state index contributed by atoms with van der Waals surface area (Å²) in [6.45, 7) is 3.51. The summed E-state index contributed by atoms with van der Waals surface area (Å²) in [5.74, 6) is 0. The van der Waals surface area contributed by atoms with Gasteiger partial charge in [0.15, 0.2) is 0 Å². The van der Waals surface area contributed by atoms with E-state index in [1.165, 1.54) is 16.9 Å². The molecule has 0 fully saturated rings. The SMILES string of the molecule is Cc1cc(S(=O)(=O)Nc2cccc3c2CNCC3)sc1Br.